The predicted molar refractivity (Wildman–Crippen MR) is 109 cm³/mol. The maximum absolute atomic E-state index is 10.8. The van der Waals surface area contributed by atoms with Crippen molar-refractivity contribution in [1.29, 1.82) is 0 Å². The molecule has 1 aliphatic heterocycles. The van der Waals surface area contributed by atoms with Crippen molar-refractivity contribution < 1.29 is 9.53 Å². The van der Waals surface area contributed by atoms with Crippen molar-refractivity contribution in [3.8, 4) is 5.75 Å². The second kappa shape index (κ2) is 9.27. The van der Waals surface area contributed by atoms with Crippen molar-refractivity contribution in [2.24, 2.45) is 10.7 Å². The molecule has 1 aromatic heterocycles. The van der Waals surface area contributed by atoms with Gasteiger partial charge in [-0.2, -0.15) is 0 Å². The number of anilines is 1. The van der Waals surface area contributed by atoms with E-state index in [1.165, 1.54) is 5.00 Å². The number of ether oxygens (including phenoxy) is 1. The van der Waals surface area contributed by atoms with Crippen LogP contribution < -0.4 is 20.7 Å². The van der Waals surface area contributed by atoms with E-state index in [-0.39, 0.29) is 6.61 Å². The largest absolute Gasteiger partial charge is 0.484 e. The second-order valence-electron chi connectivity index (χ2n) is 6.23. The van der Waals surface area contributed by atoms with Gasteiger partial charge in [0, 0.05) is 39.8 Å². The molecular formula is C19H25N5O2S. The number of carbonyl (C=O) groups excluding carboxylic acids is 1. The van der Waals surface area contributed by atoms with E-state index in [1.807, 2.05) is 24.3 Å². The fraction of sp³-hybridized carbons (Fsp3) is 0.368. The van der Waals surface area contributed by atoms with Crippen LogP contribution in [0, 0.1) is 0 Å². The Morgan fingerprint density at radius 3 is 2.74 bits per heavy atom. The van der Waals surface area contributed by atoms with Gasteiger partial charge in [0.2, 0.25) is 0 Å². The van der Waals surface area contributed by atoms with E-state index in [9.17, 15) is 4.79 Å². The quantitative estimate of drug-likeness (QED) is 0.580. The average molecular weight is 388 g/mol. The van der Waals surface area contributed by atoms with Crippen molar-refractivity contribution in [2.45, 2.75) is 6.54 Å². The number of amides is 1. The number of benzene rings is 1. The zero-order chi connectivity index (χ0) is 19.1. The Bertz CT molecular complexity index is 770. The topological polar surface area (TPSA) is 83.2 Å². The third-order valence-corrected chi connectivity index (χ3v) is 5.27. The number of piperazine rings is 1. The normalized spacial score (nSPS) is 14.9. The highest BCUT2D eigenvalue weighted by atomic mass is 32.1. The molecule has 1 amide bonds. The summed E-state index contributed by atoms with van der Waals surface area (Å²) >= 11 is 1.78. The molecule has 3 N–H and O–H groups in total. The summed E-state index contributed by atoms with van der Waals surface area (Å²) in [7, 11) is 1.81. The van der Waals surface area contributed by atoms with Crippen LogP contribution >= 0.6 is 11.3 Å². The van der Waals surface area contributed by atoms with Crippen LogP contribution in [0.5, 0.6) is 5.75 Å². The van der Waals surface area contributed by atoms with Gasteiger partial charge in [-0.25, -0.2) is 0 Å². The van der Waals surface area contributed by atoms with Gasteiger partial charge >= 0.3 is 0 Å². The van der Waals surface area contributed by atoms with Gasteiger partial charge in [-0.3, -0.25) is 9.79 Å². The first-order valence-electron chi connectivity index (χ1n) is 8.90. The predicted octanol–water partition coefficient (Wildman–Crippen LogP) is 1.51. The molecular weight excluding hydrogens is 362 g/mol. The smallest absolute Gasteiger partial charge is 0.255 e. The molecule has 0 radical (unpaired) electrons. The number of thiophene rings is 1. The Morgan fingerprint density at radius 1 is 1.26 bits per heavy atom. The highest BCUT2D eigenvalue weighted by Gasteiger charge is 2.20. The van der Waals surface area contributed by atoms with Crippen LogP contribution in [0.25, 0.3) is 0 Å². The molecule has 8 heteroatoms. The number of primary amides is 1. The van der Waals surface area contributed by atoms with Gasteiger partial charge in [-0.15, -0.1) is 11.3 Å². The lowest BCUT2D eigenvalue weighted by molar-refractivity contribution is -0.119. The minimum atomic E-state index is -0.486. The molecule has 2 heterocycles. The molecule has 1 saturated heterocycles. The van der Waals surface area contributed by atoms with Crippen LogP contribution in [-0.4, -0.2) is 56.6 Å². The van der Waals surface area contributed by atoms with Crippen LogP contribution in [0.4, 0.5) is 5.00 Å². The molecule has 7 nitrogen and oxygen atoms in total. The molecule has 144 valence electrons. The lowest BCUT2D eigenvalue weighted by atomic mass is 10.2. The van der Waals surface area contributed by atoms with Gasteiger partial charge in [0.05, 0.1) is 5.00 Å². The Kier molecular flexibility index (Phi) is 6.54. The molecule has 1 aromatic carbocycles. The van der Waals surface area contributed by atoms with E-state index in [0.29, 0.717) is 12.3 Å². The van der Waals surface area contributed by atoms with Crippen LogP contribution in [-0.2, 0) is 11.3 Å². The van der Waals surface area contributed by atoms with E-state index in [0.717, 1.165) is 37.7 Å². The zero-order valence-electron chi connectivity index (χ0n) is 15.4. The molecule has 0 unspecified atom stereocenters. The Morgan fingerprint density at radius 2 is 2.07 bits per heavy atom. The number of rotatable bonds is 6. The first-order valence-corrected chi connectivity index (χ1v) is 9.78. The van der Waals surface area contributed by atoms with E-state index < -0.39 is 5.91 Å². The van der Waals surface area contributed by atoms with Gasteiger partial charge in [0.1, 0.15) is 5.75 Å². The molecule has 27 heavy (non-hydrogen) atoms. The van der Waals surface area contributed by atoms with Crippen LogP contribution in [0.3, 0.4) is 0 Å². The summed E-state index contributed by atoms with van der Waals surface area (Å²) in [5.74, 6) is 1.04. The van der Waals surface area contributed by atoms with Crippen LogP contribution in [0.1, 0.15) is 5.56 Å². The summed E-state index contributed by atoms with van der Waals surface area (Å²) < 4.78 is 5.36. The number of hydrogen-bond donors (Lipinski definition) is 2. The molecule has 0 aliphatic carbocycles. The number of carbonyl (C=O) groups is 1. The minimum Gasteiger partial charge on any atom is -0.484 e. The Labute approximate surface area is 163 Å². The Hall–Kier alpha value is -2.74. The molecule has 1 aliphatic rings. The van der Waals surface area contributed by atoms with Gasteiger partial charge in [0.15, 0.2) is 12.6 Å². The van der Waals surface area contributed by atoms with E-state index in [2.05, 4.69) is 37.6 Å². The second-order valence-corrected chi connectivity index (χ2v) is 7.15. The molecule has 1 fully saturated rings. The van der Waals surface area contributed by atoms with Gasteiger partial charge < -0.3 is 25.6 Å². The fourth-order valence-electron chi connectivity index (χ4n) is 3.00. The first kappa shape index (κ1) is 19.0. The molecule has 0 bridgehead atoms. The number of nitrogens with one attached hydrogen (secondary N) is 1. The number of guanidine groups is 1. The van der Waals surface area contributed by atoms with E-state index in [4.69, 9.17) is 10.5 Å². The third kappa shape index (κ3) is 5.37. The van der Waals surface area contributed by atoms with Crippen molar-refractivity contribution in [2.75, 3.05) is 44.7 Å². The molecule has 0 atom stereocenters. The summed E-state index contributed by atoms with van der Waals surface area (Å²) in [6, 6.07) is 11.9. The highest BCUT2D eigenvalue weighted by Crippen LogP contribution is 2.22. The summed E-state index contributed by atoms with van der Waals surface area (Å²) in [6.07, 6.45) is 0. The van der Waals surface area contributed by atoms with E-state index in [1.54, 1.807) is 18.4 Å². The summed E-state index contributed by atoms with van der Waals surface area (Å²) in [5.41, 5.74) is 6.17. The zero-order valence-corrected chi connectivity index (χ0v) is 16.2. The number of nitrogens with two attached hydrogens (primary N) is 1. The monoisotopic (exact) mass is 387 g/mol. The maximum Gasteiger partial charge on any atom is 0.255 e. The lowest BCUT2D eigenvalue weighted by Crippen LogP contribution is -2.52. The van der Waals surface area contributed by atoms with Crippen molar-refractivity contribution >= 4 is 28.2 Å². The van der Waals surface area contributed by atoms with Crippen molar-refractivity contribution in [1.82, 2.24) is 10.2 Å². The molecule has 0 saturated carbocycles. The SMILES string of the molecule is CN=C(NCc1cccc(OCC(N)=O)c1)N1CCN(c2cccs2)CC1. The number of hydrogen-bond acceptors (Lipinski definition) is 5. The Balaban J connectivity index is 1.51. The summed E-state index contributed by atoms with van der Waals surface area (Å²) in [5, 5.41) is 6.85. The minimum absolute atomic E-state index is 0.118. The van der Waals surface area contributed by atoms with Gasteiger partial charge in [-0.05, 0) is 35.2 Å². The summed E-state index contributed by atoms with van der Waals surface area (Å²) in [4.78, 5) is 20.0. The number of nitrogens with zero attached hydrogens (tertiary/aromatic N) is 3. The van der Waals surface area contributed by atoms with Crippen LogP contribution in [0.15, 0.2) is 46.8 Å². The first-order chi connectivity index (χ1) is 13.2. The van der Waals surface area contributed by atoms with Gasteiger partial charge in [0.25, 0.3) is 5.91 Å². The molecule has 2 aromatic rings. The standard InChI is InChI=1S/C19H25N5O2S/c1-21-19(24-9-7-23(8-10-24)18-6-3-11-27-18)22-13-15-4-2-5-16(12-15)26-14-17(20)25/h2-6,11-12H,7-10,13-14H2,1H3,(H2,20,25)(H,21,22). The molecule has 0 spiro atoms. The van der Waals surface area contributed by atoms with Crippen LogP contribution in [0.2, 0.25) is 0 Å². The number of aliphatic imine (C=N–C) groups is 1. The lowest BCUT2D eigenvalue weighted by Gasteiger charge is -2.37. The van der Waals surface area contributed by atoms with Crippen molar-refractivity contribution in [3.05, 3.63) is 47.3 Å². The van der Waals surface area contributed by atoms with E-state index >= 15 is 0 Å². The molecule has 3 rings (SSSR count). The van der Waals surface area contributed by atoms with Crippen molar-refractivity contribution in [3.63, 3.8) is 0 Å². The van der Waals surface area contributed by atoms with Gasteiger partial charge in [-0.1, -0.05) is 12.1 Å². The fourth-order valence-corrected chi connectivity index (χ4v) is 3.79. The summed E-state index contributed by atoms with van der Waals surface area (Å²) in [6.45, 7) is 4.34. The maximum atomic E-state index is 10.8. The third-order valence-electron chi connectivity index (χ3n) is 4.34. The average Bonchev–Trinajstić information content (AvgIpc) is 3.22. The highest BCUT2D eigenvalue weighted by molar-refractivity contribution is 7.14.